The summed E-state index contributed by atoms with van der Waals surface area (Å²) in [6.07, 6.45) is 2.35. The summed E-state index contributed by atoms with van der Waals surface area (Å²) in [4.78, 5) is 14.9. The minimum Gasteiger partial charge on any atom is -0.334 e. The summed E-state index contributed by atoms with van der Waals surface area (Å²) in [6, 6.07) is 11.8. The maximum absolute atomic E-state index is 12.9. The van der Waals surface area contributed by atoms with Crippen molar-refractivity contribution in [2.45, 2.75) is 45.7 Å². The van der Waals surface area contributed by atoms with Gasteiger partial charge >= 0.3 is 0 Å². The molecule has 0 radical (unpaired) electrons. The molecule has 3 rings (SSSR count). The second-order valence-corrected chi connectivity index (χ2v) is 6.44. The van der Waals surface area contributed by atoms with Gasteiger partial charge in [-0.05, 0) is 50.5 Å². The molecule has 0 spiro atoms. The lowest BCUT2D eigenvalue weighted by atomic mass is 10.1. The van der Waals surface area contributed by atoms with Crippen LogP contribution in [-0.2, 0) is 13.0 Å². The number of nitriles is 1. The Morgan fingerprint density at radius 1 is 1.38 bits per heavy atom. The molecule has 0 saturated carbocycles. The Bertz CT molecular complexity index is 787. The summed E-state index contributed by atoms with van der Waals surface area (Å²) >= 11 is 0. The second kappa shape index (κ2) is 6.88. The molecule has 5 nitrogen and oxygen atoms in total. The number of benzene rings is 1. The van der Waals surface area contributed by atoms with Crippen molar-refractivity contribution in [2.24, 2.45) is 0 Å². The van der Waals surface area contributed by atoms with Gasteiger partial charge in [-0.15, -0.1) is 0 Å². The van der Waals surface area contributed by atoms with E-state index in [1.165, 1.54) is 0 Å². The number of rotatable bonds is 4. The molecule has 0 unspecified atom stereocenters. The summed E-state index contributed by atoms with van der Waals surface area (Å²) in [7, 11) is 0. The van der Waals surface area contributed by atoms with Gasteiger partial charge in [-0.25, -0.2) is 0 Å². The maximum atomic E-state index is 12.9. The monoisotopic (exact) mass is 322 g/mol. The Labute approximate surface area is 142 Å². The van der Waals surface area contributed by atoms with Crippen LogP contribution >= 0.6 is 0 Å². The van der Waals surface area contributed by atoms with Gasteiger partial charge in [-0.1, -0.05) is 12.1 Å². The van der Waals surface area contributed by atoms with E-state index in [-0.39, 0.29) is 11.9 Å². The molecule has 1 aromatic heterocycles. The highest BCUT2D eigenvalue weighted by atomic mass is 16.2. The van der Waals surface area contributed by atoms with Crippen molar-refractivity contribution in [1.82, 2.24) is 14.7 Å². The predicted octanol–water partition coefficient (Wildman–Crippen LogP) is 2.87. The number of amides is 1. The Kier molecular flexibility index (Phi) is 4.66. The SMILES string of the molecule is Cc1cc(C)n(C[C@H]2CCCN2C(=O)c2cccc(CC#N)c2)n1. The van der Waals surface area contributed by atoms with Crippen molar-refractivity contribution in [2.75, 3.05) is 6.54 Å². The van der Waals surface area contributed by atoms with E-state index in [0.717, 1.165) is 42.9 Å². The van der Waals surface area contributed by atoms with Gasteiger partial charge in [0.25, 0.3) is 5.91 Å². The third kappa shape index (κ3) is 3.33. The molecule has 1 atom stereocenters. The fraction of sp³-hybridized carbons (Fsp3) is 0.421. The van der Waals surface area contributed by atoms with E-state index in [9.17, 15) is 4.79 Å². The van der Waals surface area contributed by atoms with Crippen LogP contribution in [0.5, 0.6) is 0 Å². The first-order chi connectivity index (χ1) is 11.6. The molecule has 1 fully saturated rings. The first kappa shape index (κ1) is 16.3. The van der Waals surface area contributed by atoms with Gasteiger partial charge in [0, 0.05) is 17.8 Å². The zero-order valence-corrected chi connectivity index (χ0v) is 14.2. The van der Waals surface area contributed by atoms with Gasteiger partial charge in [0.2, 0.25) is 0 Å². The van der Waals surface area contributed by atoms with Gasteiger partial charge in [0.15, 0.2) is 0 Å². The Hall–Kier alpha value is -2.61. The van der Waals surface area contributed by atoms with Crippen molar-refractivity contribution in [3.8, 4) is 6.07 Å². The maximum Gasteiger partial charge on any atom is 0.254 e. The largest absolute Gasteiger partial charge is 0.334 e. The fourth-order valence-electron chi connectivity index (χ4n) is 3.42. The van der Waals surface area contributed by atoms with E-state index in [2.05, 4.69) is 17.2 Å². The summed E-state index contributed by atoms with van der Waals surface area (Å²) in [5, 5.41) is 13.4. The van der Waals surface area contributed by atoms with Crippen molar-refractivity contribution in [3.63, 3.8) is 0 Å². The van der Waals surface area contributed by atoms with E-state index in [1.807, 2.05) is 47.7 Å². The number of hydrogen-bond donors (Lipinski definition) is 0. The quantitative estimate of drug-likeness (QED) is 0.869. The number of likely N-dealkylation sites (tertiary alicyclic amines) is 1. The molecule has 0 N–H and O–H groups in total. The lowest BCUT2D eigenvalue weighted by Crippen LogP contribution is -2.38. The van der Waals surface area contributed by atoms with Crippen LogP contribution < -0.4 is 0 Å². The van der Waals surface area contributed by atoms with Crippen LogP contribution in [0.1, 0.15) is 40.2 Å². The van der Waals surface area contributed by atoms with Crippen molar-refractivity contribution < 1.29 is 4.79 Å². The summed E-state index contributed by atoms with van der Waals surface area (Å²) in [6.45, 7) is 5.56. The van der Waals surface area contributed by atoms with E-state index in [4.69, 9.17) is 5.26 Å². The molecular formula is C19H22N4O. The van der Waals surface area contributed by atoms with E-state index in [0.29, 0.717) is 12.0 Å². The van der Waals surface area contributed by atoms with Crippen LogP contribution in [0.25, 0.3) is 0 Å². The Balaban J connectivity index is 1.77. The zero-order chi connectivity index (χ0) is 17.1. The molecule has 0 aliphatic carbocycles. The average Bonchev–Trinajstić information content (AvgIpc) is 3.14. The average molecular weight is 322 g/mol. The fourth-order valence-corrected chi connectivity index (χ4v) is 3.42. The van der Waals surface area contributed by atoms with Crippen LogP contribution in [0.15, 0.2) is 30.3 Å². The molecule has 2 heterocycles. The Morgan fingerprint density at radius 3 is 2.92 bits per heavy atom. The van der Waals surface area contributed by atoms with Crippen molar-refractivity contribution in [3.05, 3.63) is 52.8 Å². The molecule has 1 saturated heterocycles. The molecule has 1 amide bonds. The summed E-state index contributed by atoms with van der Waals surface area (Å²) < 4.78 is 2.00. The van der Waals surface area contributed by atoms with Crippen LogP contribution in [-0.4, -0.2) is 33.2 Å². The number of carbonyl (C=O) groups is 1. The van der Waals surface area contributed by atoms with Gasteiger partial charge in [0.1, 0.15) is 0 Å². The molecule has 124 valence electrons. The minimum absolute atomic E-state index is 0.0545. The molecule has 1 aliphatic rings. The van der Waals surface area contributed by atoms with Crippen LogP contribution in [0, 0.1) is 25.2 Å². The molecule has 1 aliphatic heterocycles. The standard InChI is InChI=1S/C19H22N4O/c1-14-11-15(2)23(21-14)13-18-7-4-10-22(18)19(24)17-6-3-5-16(12-17)8-9-20/h3,5-6,11-12,18H,4,7-8,10,13H2,1-2H3/t18-/m1/s1. The molecule has 5 heteroatoms. The number of carbonyl (C=O) groups excluding carboxylic acids is 1. The topological polar surface area (TPSA) is 61.9 Å². The molecule has 1 aromatic carbocycles. The van der Waals surface area contributed by atoms with Gasteiger partial charge < -0.3 is 4.90 Å². The normalized spacial score (nSPS) is 17.0. The van der Waals surface area contributed by atoms with Crippen molar-refractivity contribution >= 4 is 5.91 Å². The number of nitrogens with zero attached hydrogens (tertiary/aromatic N) is 4. The zero-order valence-electron chi connectivity index (χ0n) is 14.2. The lowest BCUT2D eigenvalue weighted by molar-refractivity contribution is 0.0721. The van der Waals surface area contributed by atoms with Crippen LogP contribution in [0.4, 0.5) is 0 Å². The first-order valence-electron chi connectivity index (χ1n) is 8.36. The second-order valence-electron chi connectivity index (χ2n) is 6.44. The number of aryl methyl sites for hydroxylation is 2. The van der Waals surface area contributed by atoms with Crippen LogP contribution in [0.3, 0.4) is 0 Å². The number of hydrogen-bond acceptors (Lipinski definition) is 3. The van der Waals surface area contributed by atoms with Gasteiger partial charge in [-0.3, -0.25) is 9.48 Å². The highest BCUT2D eigenvalue weighted by molar-refractivity contribution is 5.94. The van der Waals surface area contributed by atoms with Crippen molar-refractivity contribution in [1.29, 1.82) is 5.26 Å². The third-order valence-corrected chi connectivity index (χ3v) is 4.58. The molecule has 24 heavy (non-hydrogen) atoms. The molecular weight excluding hydrogens is 300 g/mol. The summed E-state index contributed by atoms with van der Waals surface area (Å²) in [5.41, 5.74) is 3.69. The van der Waals surface area contributed by atoms with E-state index in [1.54, 1.807) is 0 Å². The Morgan fingerprint density at radius 2 is 2.21 bits per heavy atom. The molecule has 0 bridgehead atoms. The minimum atomic E-state index is 0.0545. The smallest absolute Gasteiger partial charge is 0.254 e. The first-order valence-corrected chi connectivity index (χ1v) is 8.36. The van der Waals surface area contributed by atoms with E-state index >= 15 is 0 Å². The summed E-state index contributed by atoms with van der Waals surface area (Å²) in [5.74, 6) is 0.0545. The van der Waals surface area contributed by atoms with Gasteiger partial charge in [-0.2, -0.15) is 10.4 Å². The molecule has 2 aromatic rings. The lowest BCUT2D eigenvalue weighted by Gasteiger charge is -2.25. The van der Waals surface area contributed by atoms with Crippen LogP contribution in [0.2, 0.25) is 0 Å². The third-order valence-electron chi connectivity index (χ3n) is 4.58. The highest BCUT2D eigenvalue weighted by Crippen LogP contribution is 2.22. The highest BCUT2D eigenvalue weighted by Gasteiger charge is 2.30. The predicted molar refractivity (Wildman–Crippen MR) is 91.5 cm³/mol. The number of aromatic nitrogens is 2. The van der Waals surface area contributed by atoms with E-state index < -0.39 is 0 Å². The van der Waals surface area contributed by atoms with Gasteiger partial charge in [0.05, 0.1) is 30.8 Å².